The molecule has 2 aromatic rings. The fourth-order valence-electron chi connectivity index (χ4n) is 1.40. The van der Waals surface area contributed by atoms with Gasteiger partial charge in [-0.2, -0.15) is 18.3 Å². The van der Waals surface area contributed by atoms with Crippen LogP contribution in [0.5, 0.6) is 0 Å². The Morgan fingerprint density at radius 3 is 2.53 bits per heavy atom. The monoisotopic (exact) mass is 263 g/mol. The molecule has 0 spiro atoms. The van der Waals surface area contributed by atoms with Crippen molar-refractivity contribution in [3.05, 3.63) is 28.7 Å². The topological polar surface area (TPSA) is 30.2 Å². The van der Waals surface area contributed by atoms with Crippen molar-refractivity contribution >= 4 is 17.2 Å². The molecule has 0 aliphatic carbocycles. The minimum Gasteiger partial charge on any atom is -0.219 e. The molecular formula is C10H9ClF3N3. The Labute approximate surface area is 100 Å². The van der Waals surface area contributed by atoms with Crippen LogP contribution in [0.1, 0.15) is 31.2 Å². The average molecular weight is 264 g/mol. The Hall–Kier alpha value is -1.30. The van der Waals surface area contributed by atoms with Crippen LogP contribution in [0.25, 0.3) is 5.65 Å². The second kappa shape index (κ2) is 3.87. The molecule has 2 rings (SSSR count). The van der Waals surface area contributed by atoms with E-state index in [1.807, 2.05) is 13.8 Å². The molecule has 0 aliphatic heterocycles. The molecule has 0 bridgehead atoms. The molecule has 0 fully saturated rings. The first-order valence-electron chi connectivity index (χ1n) is 4.92. The molecule has 0 saturated carbocycles. The van der Waals surface area contributed by atoms with E-state index in [-0.39, 0.29) is 11.6 Å². The minimum absolute atomic E-state index is 0.0281. The van der Waals surface area contributed by atoms with Gasteiger partial charge in [0, 0.05) is 12.1 Å². The smallest absolute Gasteiger partial charge is 0.219 e. The molecule has 0 unspecified atom stereocenters. The Kier molecular flexibility index (Phi) is 2.77. The summed E-state index contributed by atoms with van der Waals surface area (Å²) >= 11 is 5.70. The first kappa shape index (κ1) is 12.2. The van der Waals surface area contributed by atoms with Gasteiger partial charge < -0.3 is 0 Å². The van der Waals surface area contributed by atoms with E-state index in [1.165, 1.54) is 10.7 Å². The van der Waals surface area contributed by atoms with E-state index in [2.05, 4.69) is 10.1 Å². The molecule has 0 N–H and O–H groups in total. The number of pyridine rings is 1. The van der Waals surface area contributed by atoms with Gasteiger partial charge in [-0.05, 0) is 6.07 Å². The van der Waals surface area contributed by atoms with Gasteiger partial charge >= 0.3 is 6.18 Å². The number of halogens is 4. The fraction of sp³-hybridized carbons (Fsp3) is 0.400. The number of hydrogen-bond acceptors (Lipinski definition) is 2. The molecule has 0 aliphatic rings. The van der Waals surface area contributed by atoms with E-state index in [4.69, 9.17) is 11.6 Å². The molecule has 3 nitrogen and oxygen atoms in total. The second-order valence-electron chi connectivity index (χ2n) is 3.93. The van der Waals surface area contributed by atoms with Crippen LogP contribution in [0, 0.1) is 0 Å². The van der Waals surface area contributed by atoms with Crippen LogP contribution in [0.3, 0.4) is 0 Å². The number of hydrogen-bond donors (Lipinski definition) is 0. The third kappa shape index (κ3) is 2.09. The Morgan fingerprint density at radius 1 is 1.35 bits per heavy atom. The van der Waals surface area contributed by atoms with Gasteiger partial charge in [0.15, 0.2) is 11.5 Å². The lowest BCUT2D eigenvalue weighted by Crippen LogP contribution is -2.07. The Morgan fingerprint density at radius 2 is 2.00 bits per heavy atom. The van der Waals surface area contributed by atoms with Crippen LogP contribution in [0.15, 0.2) is 12.3 Å². The van der Waals surface area contributed by atoms with Crippen molar-refractivity contribution in [2.45, 2.75) is 25.9 Å². The zero-order valence-electron chi connectivity index (χ0n) is 9.09. The maximum Gasteiger partial charge on any atom is 0.418 e. The maximum absolute atomic E-state index is 12.6. The molecule has 0 saturated heterocycles. The van der Waals surface area contributed by atoms with Gasteiger partial charge in [0.1, 0.15) is 0 Å². The molecule has 0 radical (unpaired) electrons. The number of alkyl halides is 3. The van der Waals surface area contributed by atoms with Crippen LogP contribution in [0.2, 0.25) is 5.02 Å². The van der Waals surface area contributed by atoms with Crippen molar-refractivity contribution in [1.82, 2.24) is 14.6 Å². The summed E-state index contributed by atoms with van der Waals surface area (Å²) in [6, 6.07) is 0.897. The predicted octanol–water partition coefficient (Wildman–Crippen LogP) is 3.52. The standard InChI is InChI=1S/C10H9ClF3N3/c1-5(2)8-15-9-7(11)6(10(12,13)14)3-4-17(9)16-8/h3-5H,1-2H3. The summed E-state index contributed by atoms with van der Waals surface area (Å²) in [4.78, 5) is 4.01. The van der Waals surface area contributed by atoms with Crippen LogP contribution in [-0.2, 0) is 6.18 Å². The van der Waals surface area contributed by atoms with Crippen molar-refractivity contribution in [1.29, 1.82) is 0 Å². The second-order valence-corrected chi connectivity index (χ2v) is 4.31. The van der Waals surface area contributed by atoms with Crippen molar-refractivity contribution in [3.63, 3.8) is 0 Å². The summed E-state index contributed by atoms with van der Waals surface area (Å²) in [5, 5.41) is 3.63. The summed E-state index contributed by atoms with van der Waals surface area (Å²) < 4.78 is 39.1. The third-order valence-electron chi connectivity index (χ3n) is 2.28. The summed E-state index contributed by atoms with van der Waals surface area (Å²) in [7, 11) is 0. The van der Waals surface area contributed by atoms with Crippen LogP contribution < -0.4 is 0 Å². The zero-order valence-corrected chi connectivity index (χ0v) is 9.84. The lowest BCUT2D eigenvalue weighted by Gasteiger charge is -2.08. The van der Waals surface area contributed by atoms with Gasteiger partial charge in [-0.15, -0.1) is 0 Å². The van der Waals surface area contributed by atoms with E-state index in [1.54, 1.807) is 0 Å². The van der Waals surface area contributed by atoms with E-state index < -0.39 is 16.8 Å². The lowest BCUT2D eigenvalue weighted by atomic mass is 10.2. The highest BCUT2D eigenvalue weighted by Crippen LogP contribution is 2.36. The predicted molar refractivity (Wildman–Crippen MR) is 57.1 cm³/mol. The van der Waals surface area contributed by atoms with E-state index >= 15 is 0 Å². The van der Waals surface area contributed by atoms with Gasteiger partial charge in [0.25, 0.3) is 0 Å². The van der Waals surface area contributed by atoms with Gasteiger partial charge in [-0.3, -0.25) is 0 Å². The molecule has 92 valence electrons. The average Bonchev–Trinajstić information content (AvgIpc) is 2.60. The molecule has 2 heterocycles. The molecule has 0 amide bonds. The van der Waals surface area contributed by atoms with Crippen LogP contribution in [0.4, 0.5) is 13.2 Å². The normalized spacial score (nSPS) is 12.6. The van der Waals surface area contributed by atoms with Gasteiger partial charge in [-0.1, -0.05) is 25.4 Å². The summed E-state index contributed by atoms with van der Waals surface area (Å²) in [5.41, 5.74) is -0.862. The molecule has 0 aromatic carbocycles. The van der Waals surface area contributed by atoms with Gasteiger partial charge in [0.05, 0.1) is 10.6 Å². The largest absolute Gasteiger partial charge is 0.418 e. The number of fused-ring (bicyclic) bond motifs is 1. The number of nitrogens with zero attached hydrogens (tertiary/aromatic N) is 3. The van der Waals surface area contributed by atoms with Gasteiger partial charge in [0.2, 0.25) is 0 Å². The Balaban J connectivity index is 2.67. The van der Waals surface area contributed by atoms with E-state index in [0.717, 1.165) is 6.07 Å². The zero-order chi connectivity index (χ0) is 12.8. The first-order chi connectivity index (χ1) is 7.80. The number of aromatic nitrogens is 3. The molecule has 17 heavy (non-hydrogen) atoms. The highest BCUT2D eigenvalue weighted by Gasteiger charge is 2.34. The first-order valence-corrected chi connectivity index (χ1v) is 5.30. The summed E-state index contributed by atoms with van der Waals surface area (Å²) in [6.07, 6.45) is -3.27. The SMILES string of the molecule is CC(C)c1nc2c(Cl)c(C(F)(F)F)ccn2n1. The molecule has 7 heteroatoms. The third-order valence-corrected chi connectivity index (χ3v) is 2.66. The highest BCUT2D eigenvalue weighted by molar-refractivity contribution is 6.34. The lowest BCUT2D eigenvalue weighted by molar-refractivity contribution is -0.137. The minimum atomic E-state index is -4.48. The van der Waals surface area contributed by atoms with Crippen LogP contribution in [-0.4, -0.2) is 14.6 Å². The van der Waals surface area contributed by atoms with Gasteiger partial charge in [-0.25, -0.2) is 9.50 Å². The quantitative estimate of drug-likeness (QED) is 0.788. The van der Waals surface area contributed by atoms with Crippen molar-refractivity contribution in [2.75, 3.05) is 0 Å². The molecular weight excluding hydrogens is 255 g/mol. The molecule has 2 aromatic heterocycles. The highest BCUT2D eigenvalue weighted by atomic mass is 35.5. The summed E-state index contributed by atoms with van der Waals surface area (Å²) in [6.45, 7) is 3.71. The van der Waals surface area contributed by atoms with Crippen molar-refractivity contribution < 1.29 is 13.2 Å². The fourth-order valence-corrected chi connectivity index (χ4v) is 1.69. The number of rotatable bonds is 1. The van der Waals surface area contributed by atoms with E-state index in [9.17, 15) is 13.2 Å². The van der Waals surface area contributed by atoms with Crippen LogP contribution >= 0.6 is 11.6 Å². The Bertz CT molecular complexity index is 560. The van der Waals surface area contributed by atoms with E-state index in [0.29, 0.717) is 5.82 Å². The van der Waals surface area contributed by atoms with Crippen molar-refractivity contribution in [3.8, 4) is 0 Å². The maximum atomic E-state index is 12.6. The van der Waals surface area contributed by atoms with Crippen molar-refractivity contribution in [2.24, 2.45) is 0 Å². The molecule has 0 atom stereocenters. The summed E-state index contributed by atoms with van der Waals surface area (Å²) in [5.74, 6) is 0.492.